The molecule has 0 fully saturated rings. The van der Waals surface area contributed by atoms with Crippen LogP contribution < -0.4 is 10.1 Å². The smallest absolute Gasteiger partial charge is 0.321 e. The van der Waals surface area contributed by atoms with E-state index < -0.39 is 0 Å². The van der Waals surface area contributed by atoms with Gasteiger partial charge in [0.25, 0.3) is 0 Å². The van der Waals surface area contributed by atoms with Gasteiger partial charge in [-0.25, -0.2) is 0 Å². The van der Waals surface area contributed by atoms with E-state index in [2.05, 4.69) is 37.4 Å². The number of aromatic amines is 1. The largest absolute Gasteiger partial charge is 0.467 e. The molecule has 0 spiro atoms. The third kappa shape index (κ3) is 3.08. The van der Waals surface area contributed by atoms with Gasteiger partial charge in [-0.05, 0) is 30.8 Å². The van der Waals surface area contributed by atoms with Crippen LogP contribution in [0.3, 0.4) is 0 Å². The lowest BCUT2D eigenvalue weighted by Gasteiger charge is -2.05. The van der Waals surface area contributed by atoms with Crippen molar-refractivity contribution < 1.29 is 4.74 Å². The molecule has 0 aliphatic rings. The van der Waals surface area contributed by atoms with E-state index in [1.54, 1.807) is 7.11 Å². The van der Waals surface area contributed by atoms with Crippen LogP contribution in [0, 0.1) is 0 Å². The normalized spacial score (nSPS) is 10.8. The van der Waals surface area contributed by atoms with Gasteiger partial charge in [-0.15, -0.1) is 0 Å². The predicted molar refractivity (Wildman–Crippen MR) is 83.0 cm³/mol. The van der Waals surface area contributed by atoms with E-state index in [0.717, 1.165) is 22.5 Å². The van der Waals surface area contributed by atoms with Gasteiger partial charge >= 0.3 is 6.01 Å². The van der Waals surface area contributed by atoms with E-state index in [1.807, 2.05) is 25.1 Å². The van der Waals surface area contributed by atoms with Crippen LogP contribution in [0.25, 0.3) is 10.9 Å². The van der Waals surface area contributed by atoms with Crippen LogP contribution in [0.5, 0.6) is 6.01 Å². The number of ether oxygens (including phenoxy) is 1. The number of aromatic nitrogens is 4. The lowest BCUT2D eigenvalue weighted by Crippen LogP contribution is -2.05. The summed E-state index contributed by atoms with van der Waals surface area (Å²) in [6.45, 7) is 2.73. The van der Waals surface area contributed by atoms with Gasteiger partial charge in [-0.2, -0.15) is 15.0 Å². The molecule has 1 aromatic carbocycles. The maximum Gasteiger partial charge on any atom is 0.321 e. The van der Waals surface area contributed by atoms with Crippen LogP contribution in [0.15, 0.2) is 40.5 Å². The molecule has 3 aromatic rings. The van der Waals surface area contributed by atoms with Gasteiger partial charge < -0.3 is 15.0 Å². The fourth-order valence-corrected chi connectivity index (χ4v) is 2.71. The number of rotatable bonds is 5. The van der Waals surface area contributed by atoms with Gasteiger partial charge in [0.15, 0.2) is 0 Å². The predicted octanol–water partition coefficient (Wildman–Crippen LogP) is 2.94. The van der Waals surface area contributed by atoms with Crippen molar-refractivity contribution in [1.29, 1.82) is 0 Å². The number of hydrogen-bond donors (Lipinski definition) is 2. The summed E-state index contributed by atoms with van der Waals surface area (Å²) in [4.78, 5) is 16.1. The van der Waals surface area contributed by atoms with Crippen molar-refractivity contribution in [3.05, 3.63) is 30.3 Å². The maximum atomic E-state index is 5.11. The Kier molecular flexibility index (Phi) is 3.92. The van der Waals surface area contributed by atoms with E-state index in [0.29, 0.717) is 17.1 Å². The monoisotopic (exact) mass is 301 g/mol. The molecular weight excluding hydrogens is 286 g/mol. The summed E-state index contributed by atoms with van der Waals surface area (Å²) >= 11 is 1.45. The molecule has 2 aromatic heterocycles. The first-order valence-corrected chi connectivity index (χ1v) is 7.39. The quantitative estimate of drug-likeness (QED) is 0.754. The fourth-order valence-electron chi connectivity index (χ4n) is 1.91. The first-order valence-electron chi connectivity index (χ1n) is 6.58. The van der Waals surface area contributed by atoms with Crippen molar-refractivity contribution in [2.24, 2.45) is 0 Å². The minimum Gasteiger partial charge on any atom is -0.467 e. The summed E-state index contributed by atoms with van der Waals surface area (Å²) in [6, 6.07) is 10.5. The summed E-state index contributed by atoms with van der Waals surface area (Å²) in [7, 11) is 1.54. The van der Waals surface area contributed by atoms with Gasteiger partial charge in [-0.1, -0.05) is 18.2 Å². The zero-order valence-corrected chi connectivity index (χ0v) is 12.6. The molecule has 0 bridgehead atoms. The van der Waals surface area contributed by atoms with Crippen molar-refractivity contribution in [3.8, 4) is 6.01 Å². The Morgan fingerprint density at radius 1 is 1.24 bits per heavy atom. The van der Waals surface area contributed by atoms with Gasteiger partial charge in [-0.3, -0.25) is 0 Å². The van der Waals surface area contributed by atoms with Crippen molar-refractivity contribution in [3.63, 3.8) is 0 Å². The topological polar surface area (TPSA) is 75.7 Å². The number of para-hydroxylation sites is 1. The Labute approximate surface area is 126 Å². The molecule has 108 valence electrons. The van der Waals surface area contributed by atoms with Gasteiger partial charge in [0.2, 0.25) is 11.1 Å². The molecule has 3 rings (SSSR count). The molecule has 0 atom stereocenters. The SMILES string of the molecule is CCNc1nc(OC)nc(Sc2cc3ccccc3[nH]2)n1. The molecule has 0 unspecified atom stereocenters. The molecular formula is C14H15N5OS. The first kappa shape index (κ1) is 13.7. The molecule has 2 heterocycles. The third-order valence-corrected chi connectivity index (χ3v) is 3.62. The number of H-pyrrole nitrogens is 1. The van der Waals surface area contributed by atoms with E-state index in [9.17, 15) is 0 Å². The van der Waals surface area contributed by atoms with Crippen molar-refractivity contribution >= 4 is 28.6 Å². The van der Waals surface area contributed by atoms with E-state index in [4.69, 9.17) is 4.74 Å². The zero-order chi connectivity index (χ0) is 14.7. The summed E-state index contributed by atoms with van der Waals surface area (Å²) in [5.74, 6) is 0.517. The van der Waals surface area contributed by atoms with Crippen LogP contribution >= 0.6 is 11.8 Å². The van der Waals surface area contributed by atoms with Crippen LogP contribution in [0.2, 0.25) is 0 Å². The summed E-state index contributed by atoms with van der Waals surface area (Å²) in [6.07, 6.45) is 0. The zero-order valence-electron chi connectivity index (χ0n) is 11.8. The number of nitrogens with zero attached hydrogens (tertiary/aromatic N) is 3. The lowest BCUT2D eigenvalue weighted by molar-refractivity contribution is 0.373. The number of hydrogen-bond acceptors (Lipinski definition) is 6. The van der Waals surface area contributed by atoms with Crippen molar-refractivity contribution in [1.82, 2.24) is 19.9 Å². The molecule has 0 radical (unpaired) electrons. The van der Waals surface area contributed by atoms with E-state index in [-0.39, 0.29) is 0 Å². The fraction of sp³-hybridized carbons (Fsp3) is 0.214. The highest BCUT2D eigenvalue weighted by Gasteiger charge is 2.09. The highest BCUT2D eigenvalue weighted by atomic mass is 32.2. The molecule has 0 saturated carbocycles. The highest BCUT2D eigenvalue weighted by molar-refractivity contribution is 7.99. The highest BCUT2D eigenvalue weighted by Crippen LogP contribution is 2.28. The minimum absolute atomic E-state index is 0.305. The Bertz CT molecular complexity index is 725. The second kappa shape index (κ2) is 6.01. The standard InChI is InChI=1S/C14H15N5OS/c1-3-15-12-17-13(20-2)19-14(18-12)21-11-8-9-6-4-5-7-10(9)16-11/h4-8,16H,3H2,1-2H3,(H,15,17,18,19). The van der Waals surface area contributed by atoms with Crippen LogP contribution in [-0.2, 0) is 0 Å². The van der Waals surface area contributed by atoms with Crippen LogP contribution in [-0.4, -0.2) is 33.6 Å². The second-order valence-electron chi connectivity index (χ2n) is 4.28. The van der Waals surface area contributed by atoms with E-state index >= 15 is 0 Å². The number of fused-ring (bicyclic) bond motifs is 1. The number of benzene rings is 1. The Balaban J connectivity index is 1.90. The van der Waals surface area contributed by atoms with Crippen molar-refractivity contribution in [2.45, 2.75) is 17.1 Å². The molecule has 6 nitrogen and oxygen atoms in total. The average Bonchev–Trinajstić information content (AvgIpc) is 2.89. The molecule has 0 amide bonds. The summed E-state index contributed by atoms with van der Waals surface area (Å²) < 4.78 is 5.11. The average molecular weight is 301 g/mol. The van der Waals surface area contributed by atoms with Gasteiger partial charge in [0.05, 0.1) is 12.1 Å². The number of methoxy groups -OCH3 is 1. The minimum atomic E-state index is 0.305. The number of anilines is 1. The molecule has 7 heteroatoms. The maximum absolute atomic E-state index is 5.11. The Morgan fingerprint density at radius 2 is 2.10 bits per heavy atom. The third-order valence-electron chi connectivity index (χ3n) is 2.82. The van der Waals surface area contributed by atoms with Crippen molar-refractivity contribution in [2.75, 3.05) is 19.0 Å². The van der Waals surface area contributed by atoms with Gasteiger partial charge in [0, 0.05) is 17.4 Å². The van der Waals surface area contributed by atoms with Gasteiger partial charge in [0.1, 0.15) is 0 Å². The lowest BCUT2D eigenvalue weighted by atomic mass is 10.3. The van der Waals surface area contributed by atoms with E-state index in [1.165, 1.54) is 11.8 Å². The summed E-state index contributed by atoms with van der Waals surface area (Å²) in [5, 5.41) is 5.80. The summed E-state index contributed by atoms with van der Waals surface area (Å²) in [5.41, 5.74) is 1.09. The molecule has 2 N–H and O–H groups in total. The number of nitrogens with one attached hydrogen (secondary N) is 2. The Morgan fingerprint density at radius 3 is 2.86 bits per heavy atom. The first-order chi connectivity index (χ1) is 10.3. The second-order valence-corrected chi connectivity index (χ2v) is 5.29. The molecule has 0 aliphatic heterocycles. The Hall–Kier alpha value is -2.28. The molecule has 0 saturated heterocycles. The van der Waals surface area contributed by atoms with Crippen LogP contribution in [0.1, 0.15) is 6.92 Å². The molecule has 0 aliphatic carbocycles. The van der Waals surface area contributed by atoms with Crippen LogP contribution in [0.4, 0.5) is 5.95 Å². The molecule has 21 heavy (non-hydrogen) atoms.